The van der Waals surface area contributed by atoms with E-state index in [1.165, 1.54) is 154 Å². The molecule has 12 N–H and O–H groups in total. The molecule has 17 unspecified atom stereocenters. The predicted molar refractivity (Wildman–Crippen MR) is 401 cm³/mol. The van der Waals surface area contributed by atoms with E-state index in [-0.39, 0.29) is 18.9 Å². The first kappa shape index (κ1) is 91.9. The number of ether oxygens (including phenoxy) is 6. The van der Waals surface area contributed by atoms with Crippen LogP contribution in [0.5, 0.6) is 0 Å². The lowest BCUT2D eigenvalue weighted by Crippen LogP contribution is -2.66. The van der Waals surface area contributed by atoms with Crippen LogP contribution >= 0.6 is 0 Å². The van der Waals surface area contributed by atoms with Crippen molar-refractivity contribution < 1.29 is 89.4 Å². The Morgan fingerprint density at radius 3 is 1.07 bits per heavy atom. The van der Waals surface area contributed by atoms with Gasteiger partial charge in [0, 0.05) is 6.42 Å². The van der Waals surface area contributed by atoms with E-state index in [0.29, 0.717) is 12.8 Å². The molecule has 0 aromatic rings. The molecule has 3 aliphatic heterocycles. The van der Waals surface area contributed by atoms with Crippen LogP contribution in [0.3, 0.4) is 0 Å². The standard InChI is InChI=1S/C82H143NO18/c1-3-5-7-9-11-13-15-17-19-20-21-22-23-24-25-26-27-28-29-30-31-32-33-34-35-36-37-38-39-40-41-42-43-44-46-48-50-52-54-56-58-60-70(88)83-65(66(87)59-57-55-53-51-49-47-45-18-16-14-12-10-8-6-4-2)64-96-80-76(94)73(91)78(68(62-85)98-80)101-82-77(95)74(92)79(69(63-86)99-82)100-81-75(93)72(90)71(89)67(61-84)97-81/h5,7,11,13,17,19,21-22,24-25,27-28,30-31,33-34,65-69,71-82,84-87,89-95H,3-4,6,8-10,12,14-16,18,20,23,26,29,32,35-64H2,1-2H3,(H,83,88)/b7-5-,13-11-,19-17-,22-21-,25-24-,28-27-,31-30-,34-33-. The molecule has 3 heterocycles. The molecule has 1 amide bonds. The van der Waals surface area contributed by atoms with Gasteiger partial charge in [0.2, 0.25) is 5.91 Å². The molecule has 0 spiro atoms. The SMILES string of the molecule is CC/C=C\C/C=C\C/C=C\C/C=C\C/C=C\C/C=C\C/C=C\C/C=C\CCCCCCCCCCCCCCCCCCC(=O)NC(COC1OC(CO)C(OC2OC(CO)C(OC3OC(CO)C(O)C(O)C3O)C(O)C2O)C(O)C1O)C(O)CCCCCCCCCCCCCCCCC. The number of aliphatic hydroxyl groups is 11. The van der Waals surface area contributed by atoms with Crippen LogP contribution in [0.4, 0.5) is 0 Å². The van der Waals surface area contributed by atoms with Gasteiger partial charge in [-0.25, -0.2) is 0 Å². The van der Waals surface area contributed by atoms with Gasteiger partial charge in [0.25, 0.3) is 0 Å². The number of hydrogen-bond acceptors (Lipinski definition) is 18. The maximum Gasteiger partial charge on any atom is 0.220 e. The number of amides is 1. The van der Waals surface area contributed by atoms with E-state index >= 15 is 0 Å². The van der Waals surface area contributed by atoms with Gasteiger partial charge in [-0.3, -0.25) is 4.79 Å². The first-order valence-electron chi connectivity index (χ1n) is 40.0. The molecule has 101 heavy (non-hydrogen) atoms. The minimum absolute atomic E-state index is 0.243. The van der Waals surface area contributed by atoms with Gasteiger partial charge in [-0.05, 0) is 77.0 Å². The number of aliphatic hydroxyl groups excluding tert-OH is 11. The van der Waals surface area contributed by atoms with Crippen LogP contribution in [0.2, 0.25) is 0 Å². The molecule has 0 saturated carbocycles. The Bertz CT molecular complexity index is 2200. The number of carbonyl (C=O) groups is 1. The van der Waals surface area contributed by atoms with E-state index in [1.54, 1.807) is 0 Å². The quantitative estimate of drug-likeness (QED) is 0.0199. The van der Waals surface area contributed by atoms with Crippen molar-refractivity contribution in [1.82, 2.24) is 5.32 Å². The van der Waals surface area contributed by atoms with Gasteiger partial charge in [-0.15, -0.1) is 0 Å². The third-order valence-corrected chi connectivity index (χ3v) is 19.4. The summed E-state index contributed by atoms with van der Waals surface area (Å²) in [6.07, 6.45) is 56.5. The summed E-state index contributed by atoms with van der Waals surface area (Å²) in [5.41, 5.74) is 0. The molecule has 19 nitrogen and oxygen atoms in total. The summed E-state index contributed by atoms with van der Waals surface area (Å²) in [6.45, 7) is 1.69. The lowest BCUT2D eigenvalue weighted by atomic mass is 9.96. The third-order valence-electron chi connectivity index (χ3n) is 19.4. The van der Waals surface area contributed by atoms with Gasteiger partial charge in [-0.1, -0.05) is 297 Å². The average Bonchev–Trinajstić information content (AvgIpc) is 0.782. The van der Waals surface area contributed by atoms with Crippen molar-refractivity contribution in [2.75, 3.05) is 26.4 Å². The number of unbranched alkanes of at least 4 members (excludes halogenated alkanes) is 30. The van der Waals surface area contributed by atoms with Crippen molar-refractivity contribution in [1.29, 1.82) is 0 Å². The van der Waals surface area contributed by atoms with Gasteiger partial charge < -0.3 is 89.9 Å². The van der Waals surface area contributed by atoms with Crippen molar-refractivity contribution in [2.45, 2.75) is 388 Å². The van der Waals surface area contributed by atoms with Crippen LogP contribution in [0, 0.1) is 0 Å². The Morgan fingerprint density at radius 2 is 0.683 bits per heavy atom. The van der Waals surface area contributed by atoms with Crippen molar-refractivity contribution in [3.8, 4) is 0 Å². The molecule has 0 aromatic carbocycles. The third kappa shape index (κ3) is 42.0. The molecule has 0 bridgehead atoms. The van der Waals surface area contributed by atoms with E-state index in [0.717, 1.165) is 96.3 Å². The summed E-state index contributed by atoms with van der Waals surface area (Å²) in [5.74, 6) is -0.243. The van der Waals surface area contributed by atoms with Crippen LogP contribution in [-0.2, 0) is 33.2 Å². The second-order valence-electron chi connectivity index (χ2n) is 28.2. The molecular weight excluding hydrogens is 1290 g/mol. The monoisotopic (exact) mass is 1430 g/mol. The van der Waals surface area contributed by atoms with Gasteiger partial charge in [0.15, 0.2) is 18.9 Å². The lowest BCUT2D eigenvalue weighted by Gasteiger charge is -2.48. The molecule has 17 atom stereocenters. The molecule has 0 aromatic heterocycles. The Labute approximate surface area is 609 Å². The zero-order valence-corrected chi connectivity index (χ0v) is 62.4. The normalized spacial score (nSPS) is 26.8. The number of hydrogen-bond donors (Lipinski definition) is 12. The van der Waals surface area contributed by atoms with Gasteiger partial charge >= 0.3 is 0 Å². The van der Waals surface area contributed by atoms with Gasteiger partial charge in [-0.2, -0.15) is 0 Å². The summed E-state index contributed by atoms with van der Waals surface area (Å²) in [7, 11) is 0. The fourth-order valence-corrected chi connectivity index (χ4v) is 13.0. The van der Waals surface area contributed by atoms with E-state index in [9.17, 15) is 61.0 Å². The fourth-order valence-electron chi connectivity index (χ4n) is 13.0. The molecule has 3 saturated heterocycles. The van der Waals surface area contributed by atoms with Crippen LogP contribution in [-0.4, -0.2) is 193 Å². The predicted octanol–water partition coefficient (Wildman–Crippen LogP) is 13.2. The summed E-state index contributed by atoms with van der Waals surface area (Å²) < 4.78 is 34.5. The Kier molecular flexibility index (Phi) is 56.3. The lowest BCUT2D eigenvalue weighted by molar-refractivity contribution is -0.379. The second-order valence-corrected chi connectivity index (χ2v) is 28.2. The molecule has 0 aliphatic carbocycles. The summed E-state index contributed by atoms with van der Waals surface area (Å²) in [5, 5.41) is 121. The maximum absolute atomic E-state index is 13.5. The van der Waals surface area contributed by atoms with E-state index in [4.69, 9.17) is 28.4 Å². The first-order valence-corrected chi connectivity index (χ1v) is 40.0. The molecule has 3 aliphatic rings. The van der Waals surface area contributed by atoms with Crippen LogP contribution in [0.25, 0.3) is 0 Å². The molecular formula is C82H143NO18. The first-order chi connectivity index (χ1) is 49.3. The van der Waals surface area contributed by atoms with E-state index in [1.807, 2.05) is 0 Å². The Hall–Kier alpha value is -3.29. The number of nitrogens with one attached hydrogen (secondary N) is 1. The highest BCUT2D eigenvalue weighted by Crippen LogP contribution is 2.33. The zero-order valence-electron chi connectivity index (χ0n) is 62.4. The highest BCUT2D eigenvalue weighted by molar-refractivity contribution is 5.76. The topological polar surface area (TPSA) is 307 Å². The van der Waals surface area contributed by atoms with Crippen molar-refractivity contribution in [3.05, 3.63) is 97.2 Å². The molecule has 19 heteroatoms. The molecule has 3 rings (SSSR count). The number of rotatable bonds is 62. The minimum Gasteiger partial charge on any atom is -0.394 e. The summed E-state index contributed by atoms with van der Waals surface area (Å²) >= 11 is 0. The van der Waals surface area contributed by atoms with Crippen LogP contribution < -0.4 is 5.32 Å². The molecule has 0 radical (unpaired) electrons. The summed E-state index contributed by atoms with van der Waals surface area (Å²) in [4.78, 5) is 13.5. The van der Waals surface area contributed by atoms with Gasteiger partial charge in [0.1, 0.15) is 73.2 Å². The van der Waals surface area contributed by atoms with Gasteiger partial charge in [0.05, 0.1) is 38.6 Å². The largest absolute Gasteiger partial charge is 0.394 e. The van der Waals surface area contributed by atoms with Crippen molar-refractivity contribution >= 4 is 5.91 Å². The zero-order chi connectivity index (χ0) is 73.2. The van der Waals surface area contributed by atoms with Crippen molar-refractivity contribution in [3.63, 3.8) is 0 Å². The summed E-state index contributed by atoms with van der Waals surface area (Å²) in [6, 6.07) is -0.891. The average molecular weight is 1430 g/mol. The fraction of sp³-hybridized carbons (Fsp3) is 0.793. The minimum atomic E-state index is -1.97. The highest BCUT2D eigenvalue weighted by Gasteiger charge is 2.54. The Balaban J connectivity index is 1.30. The van der Waals surface area contributed by atoms with E-state index in [2.05, 4.69) is 116 Å². The molecule has 584 valence electrons. The van der Waals surface area contributed by atoms with E-state index < -0.39 is 124 Å². The highest BCUT2D eigenvalue weighted by atomic mass is 16.8. The van der Waals surface area contributed by atoms with Crippen molar-refractivity contribution in [2.24, 2.45) is 0 Å². The van der Waals surface area contributed by atoms with Crippen LogP contribution in [0.15, 0.2) is 97.2 Å². The number of allylic oxidation sites excluding steroid dienone is 16. The second kappa shape index (κ2) is 61.8. The molecule has 3 fully saturated rings. The number of carbonyl (C=O) groups excluding carboxylic acids is 1. The Morgan fingerprint density at radius 1 is 0.366 bits per heavy atom. The maximum atomic E-state index is 13.5. The smallest absolute Gasteiger partial charge is 0.220 e. The van der Waals surface area contributed by atoms with Crippen LogP contribution in [0.1, 0.15) is 284 Å².